The molecule has 1 aliphatic heterocycles. The summed E-state index contributed by atoms with van der Waals surface area (Å²) in [7, 11) is -0.499. The van der Waals surface area contributed by atoms with Gasteiger partial charge < -0.3 is 25.2 Å². The number of ether oxygens (including phenoxy) is 1. The molecule has 1 heterocycles. The van der Waals surface area contributed by atoms with Crippen molar-refractivity contribution in [2.75, 3.05) is 36.0 Å². The smallest absolute Gasteiger partial charge is 0.252 e. The van der Waals surface area contributed by atoms with Gasteiger partial charge in [-0.2, -0.15) is 0 Å². The number of benzene rings is 3. The molecule has 40 heavy (non-hydrogen) atoms. The van der Waals surface area contributed by atoms with Crippen LogP contribution in [0.25, 0.3) is 10.8 Å². The zero-order valence-corrected chi connectivity index (χ0v) is 24.0. The Hall–Kier alpha value is -3.96. The summed E-state index contributed by atoms with van der Waals surface area (Å²) in [6, 6.07) is 15.7. The average Bonchev–Trinajstić information content (AvgIpc) is 3.00. The van der Waals surface area contributed by atoms with Crippen molar-refractivity contribution < 1.29 is 27.5 Å². The fourth-order valence-corrected chi connectivity index (χ4v) is 5.58. The van der Waals surface area contributed by atoms with Gasteiger partial charge in [0.15, 0.2) is 9.84 Å². The summed E-state index contributed by atoms with van der Waals surface area (Å²) in [4.78, 5) is 43.7. The fraction of sp³-hybridized carbons (Fsp3) is 0.345. The quantitative estimate of drug-likeness (QED) is 0.429. The number of anilines is 2. The van der Waals surface area contributed by atoms with Crippen molar-refractivity contribution >= 4 is 49.7 Å². The summed E-state index contributed by atoms with van der Waals surface area (Å²) in [5.41, 5.74) is 1.53. The van der Waals surface area contributed by atoms with E-state index >= 15 is 0 Å². The van der Waals surface area contributed by atoms with Crippen LogP contribution in [0, 0.1) is 0 Å². The van der Waals surface area contributed by atoms with E-state index in [1.807, 2.05) is 36.4 Å². The Morgan fingerprint density at radius 1 is 1.02 bits per heavy atom. The highest BCUT2D eigenvalue weighted by molar-refractivity contribution is 7.91. The van der Waals surface area contributed by atoms with Gasteiger partial charge in [-0.1, -0.05) is 42.5 Å². The molecule has 4 rings (SSSR count). The summed E-state index contributed by atoms with van der Waals surface area (Å²) in [5.74, 6) is -1.74. The molecule has 3 amide bonds. The highest BCUT2D eigenvalue weighted by Crippen LogP contribution is 2.38. The molecule has 0 saturated carbocycles. The van der Waals surface area contributed by atoms with E-state index < -0.39 is 51.4 Å². The van der Waals surface area contributed by atoms with Gasteiger partial charge in [-0.05, 0) is 49.9 Å². The molecule has 0 aliphatic carbocycles. The molecule has 1 aliphatic rings. The van der Waals surface area contributed by atoms with Gasteiger partial charge in [0.2, 0.25) is 11.8 Å². The second-order valence-electron chi connectivity index (χ2n) is 9.95. The van der Waals surface area contributed by atoms with Gasteiger partial charge in [0.05, 0.1) is 37.1 Å². The van der Waals surface area contributed by atoms with Crippen LogP contribution in [0.5, 0.6) is 5.75 Å². The van der Waals surface area contributed by atoms with Crippen molar-refractivity contribution in [3.63, 3.8) is 0 Å². The third kappa shape index (κ3) is 5.80. The first-order valence-corrected chi connectivity index (χ1v) is 14.9. The molecule has 11 heteroatoms. The molecule has 2 N–H and O–H groups in total. The number of carbonyl (C=O) groups is 3. The minimum Gasteiger partial charge on any atom is -0.496 e. The van der Waals surface area contributed by atoms with Crippen molar-refractivity contribution in [1.29, 1.82) is 0 Å². The van der Waals surface area contributed by atoms with Gasteiger partial charge in [-0.3, -0.25) is 14.4 Å². The van der Waals surface area contributed by atoms with Gasteiger partial charge in [-0.25, -0.2) is 8.42 Å². The summed E-state index contributed by atoms with van der Waals surface area (Å²) in [6.07, 6.45) is 0.984. The number of likely N-dealkylation sites (N-methyl/N-ethyl adjacent to an activating group) is 1. The van der Waals surface area contributed by atoms with Gasteiger partial charge in [-0.15, -0.1) is 0 Å². The van der Waals surface area contributed by atoms with Gasteiger partial charge in [0, 0.05) is 11.8 Å². The molecule has 3 aromatic carbocycles. The normalized spacial score (nSPS) is 18.2. The van der Waals surface area contributed by atoms with E-state index in [1.54, 1.807) is 52.3 Å². The molecule has 3 aromatic rings. The predicted molar refractivity (Wildman–Crippen MR) is 155 cm³/mol. The van der Waals surface area contributed by atoms with Crippen LogP contribution in [0.1, 0.15) is 19.4 Å². The lowest BCUT2D eigenvalue weighted by Gasteiger charge is -2.32. The number of para-hydroxylation sites is 2. The van der Waals surface area contributed by atoms with E-state index in [0.29, 0.717) is 17.1 Å². The molecule has 10 nitrogen and oxygen atoms in total. The maximum Gasteiger partial charge on any atom is 0.252 e. The van der Waals surface area contributed by atoms with Crippen LogP contribution in [0.4, 0.5) is 11.4 Å². The van der Waals surface area contributed by atoms with Crippen LogP contribution in [0.3, 0.4) is 0 Å². The van der Waals surface area contributed by atoms with Gasteiger partial charge in [0.1, 0.15) is 17.5 Å². The van der Waals surface area contributed by atoms with Crippen molar-refractivity contribution in [3.8, 4) is 5.75 Å². The molecule has 3 atom stereocenters. The maximum absolute atomic E-state index is 14.4. The minimum atomic E-state index is -3.68. The lowest BCUT2D eigenvalue weighted by Crippen LogP contribution is -2.60. The molecule has 1 unspecified atom stereocenters. The Kier molecular flexibility index (Phi) is 8.45. The molecule has 0 spiro atoms. The fourth-order valence-electron chi connectivity index (χ4n) is 5.00. The van der Waals surface area contributed by atoms with E-state index in [2.05, 4.69) is 10.6 Å². The van der Waals surface area contributed by atoms with E-state index in [1.165, 1.54) is 9.80 Å². The first-order chi connectivity index (χ1) is 19.0. The molecule has 0 radical (unpaired) electrons. The van der Waals surface area contributed by atoms with Crippen LogP contribution in [-0.4, -0.2) is 70.4 Å². The Balaban J connectivity index is 1.91. The summed E-state index contributed by atoms with van der Waals surface area (Å²) < 4.78 is 29.9. The highest BCUT2D eigenvalue weighted by atomic mass is 32.2. The SMILES string of the molecule is CNC(C)C(=O)N[C@@H]1C(=O)N(Cc2c(OC)ccc3ccccc23)c2ccccc2N(C(=O)CS(C)(=O)=O)[C@H]1C. The van der Waals surface area contributed by atoms with Gasteiger partial charge >= 0.3 is 0 Å². The number of sulfone groups is 1. The zero-order chi connectivity index (χ0) is 29.2. The standard InChI is InChI=1S/C29H34N4O6S/c1-18(30-3)28(35)31-27-19(2)33(26(34)17-40(5,37)38)24-13-9-8-12-23(24)32(29(27)36)16-22-21-11-7-6-10-20(21)14-15-25(22)39-4/h6-15,18-19,27,30H,16-17H2,1-5H3,(H,31,35)/t18?,19-,27-/m0/s1. The van der Waals surface area contributed by atoms with Crippen molar-refractivity contribution in [2.45, 2.75) is 38.5 Å². The summed E-state index contributed by atoms with van der Waals surface area (Å²) in [5, 5.41) is 7.51. The molecule has 0 aromatic heterocycles. The van der Waals surface area contributed by atoms with Crippen molar-refractivity contribution in [3.05, 3.63) is 66.2 Å². The van der Waals surface area contributed by atoms with Crippen LogP contribution < -0.4 is 25.2 Å². The predicted octanol–water partition coefficient (Wildman–Crippen LogP) is 2.25. The Bertz CT molecular complexity index is 1560. The lowest BCUT2D eigenvalue weighted by atomic mass is 10.0. The molecular formula is C29H34N4O6S. The summed E-state index contributed by atoms with van der Waals surface area (Å²) in [6.45, 7) is 3.36. The number of carbonyl (C=O) groups excluding carboxylic acids is 3. The minimum absolute atomic E-state index is 0.0785. The van der Waals surface area contributed by atoms with E-state index in [-0.39, 0.29) is 6.54 Å². The number of amides is 3. The molecule has 0 fully saturated rings. The zero-order valence-electron chi connectivity index (χ0n) is 23.2. The monoisotopic (exact) mass is 566 g/mol. The number of rotatable bonds is 8. The van der Waals surface area contributed by atoms with Crippen molar-refractivity contribution in [2.24, 2.45) is 0 Å². The Morgan fingerprint density at radius 3 is 2.33 bits per heavy atom. The Morgan fingerprint density at radius 2 is 1.68 bits per heavy atom. The average molecular weight is 567 g/mol. The number of nitrogens with zero attached hydrogens (tertiary/aromatic N) is 2. The van der Waals surface area contributed by atoms with Crippen LogP contribution in [-0.2, 0) is 30.8 Å². The third-order valence-corrected chi connectivity index (χ3v) is 7.94. The Labute approximate surface area is 234 Å². The first kappa shape index (κ1) is 29.0. The van der Waals surface area contributed by atoms with Crippen LogP contribution in [0.15, 0.2) is 60.7 Å². The van der Waals surface area contributed by atoms with Gasteiger partial charge in [0.25, 0.3) is 5.91 Å². The molecular weight excluding hydrogens is 532 g/mol. The number of hydrogen-bond donors (Lipinski definition) is 2. The third-order valence-electron chi connectivity index (χ3n) is 7.17. The second kappa shape index (κ2) is 11.6. The van der Waals surface area contributed by atoms with Crippen LogP contribution in [0.2, 0.25) is 0 Å². The lowest BCUT2D eigenvalue weighted by molar-refractivity contribution is -0.129. The van der Waals surface area contributed by atoms with E-state index in [9.17, 15) is 22.8 Å². The molecule has 212 valence electrons. The molecule has 0 saturated heterocycles. The van der Waals surface area contributed by atoms with Crippen LogP contribution >= 0.6 is 0 Å². The maximum atomic E-state index is 14.4. The number of hydrogen-bond acceptors (Lipinski definition) is 7. The first-order valence-electron chi connectivity index (χ1n) is 12.9. The number of nitrogens with one attached hydrogen (secondary N) is 2. The largest absolute Gasteiger partial charge is 0.496 e. The summed E-state index contributed by atoms with van der Waals surface area (Å²) >= 11 is 0. The topological polar surface area (TPSA) is 125 Å². The highest BCUT2D eigenvalue weighted by Gasteiger charge is 2.43. The van der Waals surface area contributed by atoms with E-state index in [0.717, 1.165) is 22.6 Å². The van der Waals surface area contributed by atoms with E-state index in [4.69, 9.17) is 4.74 Å². The number of fused-ring (bicyclic) bond motifs is 2. The number of methoxy groups -OCH3 is 1. The second-order valence-corrected chi connectivity index (χ2v) is 12.1. The van der Waals surface area contributed by atoms with Crippen molar-refractivity contribution in [1.82, 2.24) is 10.6 Å². The molecule has 0 bridgehead atoms.